The van der Waals surface area contributed by atoms with Gasteiger partial charge in [0.1, 0.15) is 0 Å². The Morgan fingerprint density at radius 2 is 2.12 bits per heavy atom. The molecule has 4 nitrogen and oxygen atoms in total. The van der Waals surface area contributed by atoms with Crippen LogP contribution >= 0.6 is 0 Å². The minimum absolute atomic E-state index is 0.0362. The summed E-state index contributed by atoms with van der Waals surface area (Å²) in [7, 11) is 0. The SMILES string of the molecule is CCOCCC1c2cc3c(cc2C(=O)N1c1cccnc1)CCC3. The van der Waals surface area contributed by atoms with E-state index in [-0.39, 0.29) is 11.9 Å². The second-order valence-corrected chi connectivity index (χ2v) is 6.45. The average molecular weight is 322 g/mol. The van der Waals surface area contributed by atoms with Gasteiger partial charge in [0.05, 0.1) is 17.9 Å². The molecule has 0 N–H and O–H groups in total. The van der Waals surface area contributed by atoms with Gasteiger partial charge in [0.2, 0.25) is 0 Å². The van der Waals surface area contributed by atoms with Crippen molar-refractivity contribution in [3.05, 3.63) is 58.9 Å². The molecule has 0 saturated carbocycles. The molecular formula is C20H22N2O2. The molecule has 0 spiro atoms. The summed E-state index contributed by atoms with van der Waals surface area (Å²) in [5, 5.41) is 0. The van der Waals surface area contributed by atoms with Crippen LogP contribution < -0.4 is 4.90 Å². The van der Waals surface area contributed by atoms with Crippen LogP contribution in [0.5, 0.6) is 0 Å². The molecule has 1 aliphatic carbocycles. The van der Waals surface area contributed by atoms with Gasteiger partial charge in [0, 0.05) is 25.0 Å². The van der Waals surface area contributed by atoms with E-state index >= 15 is 0 Å². The zero-order valence-electron chi connectivity index (χ0n) is 14.0. The number of fused-ring (bicyclic) bond motifs is 2. The number of carbonyl (C=O) groups excluding carboxylic acids is 1. The molecule has 2 aliphatic rings. The van der Waals surface area contributed by atoms with Crippen molar-refractivity contribution in [3.63, 3.8) is 0 Å². The fourth-order valence-corrected chi connectivity index (χ4v) is 3.93. The van der Waals surface area contributed by atoms with Crippen molar-refractivity contribution in [1.82, 2.24) is 4.98 Å². The number of hydrogen-bond acceptors (Lipinski definition) is 3. The molecule has 24 heavy (non-hydrogen) atoms. The highest BCUT2D eigenvalue weighted by Gasteiger charge is 2.38. The molecule has 4 rings (SSSR count). The van der Waals surface area contributed by atoms with Crippen molar-refractivity contribution in [3.8, 4) is 0 Å². The highest BCUT2D eigenvalue weighted by Crippen LogP contribution is 2.41. The van der Waals surface area contributed by atoms with Gasteiger partial charge >= 0.3 is 0 Å². The van der Waals surface area contributed by atoms with Crippen LogP contribution in [0.4, 0.5) is 5.69 Å². The first kappa shape index (κ1) is 15.3. The predicted molar refractivity (Wildman–Crippen MR) is 93.4 cm³/mol. The first-order valence-electron chi connectivity index (χ1n) is 8.76. The minimum Gasteiger partial charge on any atom is -0.382 e. The van der Waals surface area contributed by atoms with Gasteiger partial charge in [-0.2, -0.15) is 0 Å². The van der Waals surface area contributed by atoms with Crippen LogP contribution in [0.1, 0.15) is 52.9 Å². The number of nitrogens with zero attached hydrogens (tertiary/aromatic N) is 2. The Balaban J connectivity index is 1.75. The standard InChI is InChI=1S/C20H22N2O2/c1-2-24-10-8-19-17-11-14-5-3-6-15(14)12-18(17)20(23)22(19)16-7-4-9-21-13-16/h4,7,9,11-13,19H,2-3,5-6,8,10H2,1H3. The van der Waals surface area contributed by atoms with E-state index in [2.05, 4.69) is 17.1 Å². The molecule has 1 unspecified atom stereocenters. The maximum Gasteiger partial charge on any atom is 0.259 e. The quantitative estimate of drug-likeness (QED) is 0.788. The molecule has 1 amide bonds. The van der Waals surface area contributed by atoms with Gasteiger partial charge < -0.3 is 4.74 Å². The molecule has 2 heterocycles. The highest BCUT2D eigenvalue weighted by atomic mass is 16.5. The fraction of sp³-hybridized carbons (Fsp3) is 0.400. The van der Waals surface area contributed by atoms with Crippen LogP contribution in [0.15, 0.2) is 36.7 Å². The second kappa shape index (κ2) is 6.36. The number of anilines is 1. The van der Waals surface area contributed by atoms with Crippen LogP contribution in [-0.2, 0) is 17.6 Å². The van der Waals surface area contributed by atoms with Crippen molar-refractivity contribution in [2.75, 3.05) is 18.1 Å². The van der Waals surface area contributed by atoms with E-state index in [1.807, 2.05) is 24.0 Å². The number of pyridine rings is 1. The normalized spacial score (nSPS) is 18.8. The van der Waals surface area contributed by atoms with E-state index in [1.165, 1.54) is 17.5 Å². The summed E-state index contributed by atoms with van der Waals surface area (Å²) in [6.45, 7) is 3.35. The van der Waals surface area contributed by atoms with Gasteiger partial charge in [-0.1, -0.05) is 6.07 Å². The van der Waals surface area contributed by atoms with Crippen LogP contribution in [-0.4, -0.2) is 24.1 Å². The summed E-state index contributed by atoms with van der Waals surface area (Å²) in [5.41, 5.74) is 5.64. The number of carbonyl (C=O) groups is 1. The Morgan fingerprint density at radius 1 is 1.29 bits per heavy atom. The molecule has 1 aromatic carbocycles. The zero-order chi connectivity index (χ0) is 16.5. The van der Waals surface area contributed by atoms with Gasteiger partial charge in [-0.15, -0.1) is 0 Å². The number of ether oxygens (including phenoxy) is 1. The Kier molecular flexibility index (Phi) is 4.07. The molecule has 1 atom stereocenters. The molecule has 1 aliphatic heterocycles. The molecule has 2 aromatic rings. The Labute approximate surface area is 142 Å². The number of hydrogen-bond donors (Lipinski definition) is 0. The largest absolute Gasteiger partial charge is 0.382 e. The van der Waals surface area contributed by atoms with E-state index in [4.69, 9.17) is 4.74 Å². The van der Waals surface area contributed by atoms with E-state index in [1.54, 1.807) is 12.4 Å². The lowest BCUT2D eigenvalue weighted by molar-refractivity contribution is 0.0981. The summed E-state index contributed by atoms with van der Waals surface area (Å²) in [5.74, 6) is 0.0919. The summed E-state index contributed by atoms with van der Waals surface area (Å²) in [6, 6.07) is 8.27. The van der Waals surface area contributed by atoms with Gasteiger partial charge in [-0.05, 0) is 67.5 Å². The number of aryl methyl sites for hydroxylation is 2. The first-order valence-corrected chi connectivity index (χ1v) is 8.76. The third-order valence-corrected chi connectivity index (χ3v) is 5.05. The number of rotatable bonds is 5. The van der Waals surface area contributed by atoms with E-state index in [0.717, 1.165) is 36.1 Å². The Hall–Kier alpha value is -2.20. The van der Waals surface area contributed by atoms with Gasteiger partial charge in [-0.25, -0.2) is 0 Å². The first-order chi connectivity index (χ1) is 11.8. The molecular weight excluding hydrogens is 300 g/mol. The van der Waals surface area contributed by atoms with Crippen molar-refractivity contribution in [2.45, 2.75) is 38.6 Å². The lowest BCUT2D eigenvalue weighted by atomic mass is 9.97. The monoisotopic (exact) mass is 322 g/mol. The molecule has 0 saturated heterocycles. The minimum atomic E-state index is 0.0362. The maximum absolute atomic E-state index is 13.1. The molecule has 0 radical (unpaired) electrons. The summed E-state index contributed by atoms with van der Waals surface area (Å²) < 4.78 is 5.57. The van der Waals surface area contributed by atoms with E-state index in [0.29, 0.717) is 13.2 Å². The van der Waals surface area contributed by atoms with Gasteiger partial charge in [-0.3, -0.25) is 14.7 Å². The Morgan fingerprint density at radius 3 is 2.88 bits per heavy atom. The van der Waals surface area contributed by atoms with Crippen molar-refractivity contribution < 1.29 is 9.53 Å². The van der Waals surface area contributed by atoms with Crippen molar-refractivity contribution in [1.29, 1.82) is 0 Å². The maximum atomic E-state index is 13.1. The highest BCUT2D eigenvalue weighted by molar-refractivity contribution is 6.11. The zero-order valence-corrected chi connectivity index (χ0v) is 14.0. The molecule has 1 aromatic heterocycles. The van der Waals surface area contributed by atoms with E-state index in [9.17, 15) is 4.79 Å². The molecule has 0 fully saturated rings. The fourth-order valence-electron chi connectivity index (χ4n) is 3.93. The van der Waals surface area contributed by atoms with Gasteiger partial charge in [0.25, 0.3) is 5.91 Å². The van der Waals surface area contributed by atoms with Crippen LogP contribution in [0, 0.1) is 0 Å². The van der Waals surface area contributed by atoms with Crippen molar-refractivity contribution >= 4 is 11.6 Å². The second-order valence-electron chi connectivity index (χ2n) is 6.45. The van der Waals surface area contributed by atoms with Crippen LogP contribution in [0.25, 0.3) is 0 Å². The lowest BCUT2D eigenvalue weighted by Gasteiger charge is -2.25. The Bertz CT molecular complexity index is 758. The lowest BCUT2D eigenvalue weighted by Crippen LogP contribution is -2.28. The summed E-state index contributed by atoms with van der Waals surface area (Å²) >= 11 is 0. The molecule has 124 valence electrons. The third-order valence-electron chi connectivity index (χ3n) is 5.05. The third kappa shape index (κ3) is 2.51. The molecule has 0 bridgehead atoms. The van der Waals surface area contributed by atoms with E-state index < -0.39 is 0 Å². The molecule has 4 heteroatoms. The number of amides is 1. The topological polar surface area (TPSA) is 42.4 Å². The number of benzene rings is 1. The van der Waals surface area contributed by atoms with Crippen LogP contribution in [0.2, 0.25) is 0 Å². The van der Waals surface area contributed by atoms with Crippen molar-refractivity contribution in [2.24, 2.45) is 0 Å². The summed E-state index contributed by atoms with van der Waals surface area (Å²) in [4.78, 5) is 19.2. The van der Waals surface area contributed by atoms with Crippen LogP contribution in [0.3, 0.4) is 0 Å². The smallest absolute Gasteiger partial charge is 0.259 e. The summed E-state index contributed by atoms with van der Waals surface area (Å²) in [6.07, 6.45) is 7.73. The average Bonchev–Trinajstić information content (AvgIpc) is 3.17. The number of aromatic nitrogens is 1. The predicted octanol–water partition coefficient (Wildman–Crippen LogP) is 3.70. The van der Waals surface area contributed by atoms with Gasteiger partial charge in [0.15, 0.2) is 0 Å².